The maximum Gasteiger partial charge on any atom is 0.228 e. The summed E-state index contributed by atoms with van der Waals surface area (Å²) >= 11 is 0. The molecule has 126 valence electrons. The molecule has 0 unspecified atom stereocenters. The first-order valence-corrected chi connectivity index (χ1v) is 8.76. The van der Waals surface area contributed by atoms with E-state index in [0.29, 0.717) is 6.42 Å². The number of anilines is 1. The highest BCUT2D eigenvalue weighted by atomic mass is 16.1. The topological polar surface area (TPSA) is 32.3 Å². The molecule has 0 atom stereocenters. The van der Waals surface area contributed by atoms with Gasteiger partial charge in [-0.2, -0.15) is 0 Å². The number of hydrogen-bond donors (Lipinski definition) is 1. The highest BCUT2D eigenvalue weighted by Crippen LogP contribution is 2.23. The zero-order chi connectivity index (χ0) is 17.2. The molecule has 0 aliphatic carbocycles. The predicted octanol–water partition coefficient (Wildman–Crippen LogP) is 4.01. The number of carbonyl (C=O) groups excluding carboxylic acids is 1. The Morgan fingerprint density at radius 1 is 1.04 bits per heavy atom. The van der Waals surface area contributed by atoms with Crippen molar-refractivity contribution in [1.82, 2.24) is 4.90 Å². The molecule has 0 bridgehead atoms. The summed E-state index contributed by atoms with van der Waals surface area (Å²) in [6.07, 6.45) is 1.47. The van der Waals surface area contributed by atoms with Crippen LogP contribution in [0.3, 0.4) is 0 Å². The average Bonchev–Trinajstić information content (AvgIpc) is 2.61. The van der Waals surface area contributed by atoms with E-state index in [2.05, 4.69) is 47.6 Å². The van der Waals surface area contributed by atoms with Crippen molar-refractivity contribution in [3.8, 4) is 0 Å². The maximum atomic E-state index is 12.5. The number of carbonyl (C=O) groups is 1. The third kappa shape index (κ3) is 3.42. The zero-order valence-electron chi connectivity index (χ0n) is 14.5. The Hall–Kier alpha value is -2.65. The summed E-state index contributed by atoms with van der Waals surface area (Å²) in [6, 6.07) is 20.6. The van der Waals surface area contributed by atoms with Gasteiger partial charge in [0.1, 0.15) is 0 Å². The largest absolute Gasteiger partial charge is 0.326 e. The van der Waals surface area contributed by atoms with E-state index in [1.165, 1.54) is 16.5 Å². The van der Waals surface area contributed by atoms with Crippen LogP contribution in [0.2, 0.25) is 0 Å². The molecule has 1 aliphatic heterocycles. The van der Waals surface area contributed by atoms with Gasteiger partial charge in [-0.1, -0.05) is 48.5 Å². The van der Waals surface area contributed by atoms with E-state index in [9.17, 15) is 4.79 Å². The molecular weight excluding hydrogens is 308 g/mol. The molecule has 0 aromatic heterocycles. The molecule has 3 heteroatoms. The zero-order valence-corrected chi connectivity index (χ0v) is 14.5. The molecular formula is C22H22N2O. The van der Waals surface area contributed by atoms with Gasteiger partial charge in [-0.05, 0) is 53.1 Å². The Bertz CT molecular complexity index is 927. The monoisotopic (exact) mass is 330 g/mol. The predicted molar refractivity (Wildman–Crippen MR) is 103 cm³/mol. The van der Waals surface area contributed by atoms with Crippen LogP contribution in [0.25, 0.3) is 10.8 Å². The van der Waals surface area contributed by atoms with Crippen LogP contribution in [0.15, 0.2) is 60.7 Å². The van der Waals surface area contributed by atoms with Gasteiger partial charge >= 0.3 is 0 Å². The van der Waals surface area contributed by atoms with E-state index in [4.69, 9.17) is 0 Å². The van der Waals surface area contributed by atoms with E-state index in [-0.39, 0.29) is 5.91 Å². The number of likely N-dealkylation sites (N-methyl/N-ethyl adjacent to an activating group) is 1. The highest BCUT2D eigenvalue weighted by molar-refractivity contribution is 5.96. The van der Waals surface area contributed by atoms with Crippen molar-refractivity contribution in [3.05, 3.63) is 77.4 Å². The van der Waals surface area contributed by atoms with Crippen LogP contribution in [0.5, 0.6) is 0 Å². The highest BCUT2D eigenvalue weighted by Gasteiger charge is 2.14. The van der Waals surface area contributed by atoms with Gasteiger partial charge < -0.3 is 10.2 Å². The third-order valence-corrected chi connectivity index (χ3v) is 4.92. The average molecular weight is 330 g/mol. The standard InChI is InChI=1S/C22H22N2O/c1-24-12-11-16-9-10-20(13-19(16)15-24)23-22(25)14-18-7-4-6-17-5-2-3-8-21(17)18/h2-10,13H,11-12,14-15H2,1H3,(H,23,25). The van der Waals surface area contributed by atoms with Crippen LogP contribution in [-0.4, -0.2) is 24.4 Å². The molecule has 0 fully saturated rings. The maximum absolute atomic E-state index is 12.5. The lowest BCUT2D eigenvalue weighted by atomic mass is 9.99. The normalized spacial score (nSPS) is 14.3. The summed E-state index contributed by atoms with van der Waals surface area (Å²) in [6.45, 7) is 2.04. The molecule has 25 heavy (non-hydrogen) atoms. The fourth-order valence-corrected chi connectivity index (χ4v) is 3.60. The van der Waals surface area contributed by atoms with Gasteiger partial charge in [0, 0.05) is 18.8 Å². The van der Waals surface area contributed by atoms with Crippen LogP contribution in [-0.2, 0) is 24.2 Å². The summed E-state index contributed by atoms with van der Waals surface area (Å²) < 4.78 is 0. The van der Waals surface area contributed by atoms with E-state index in [0.717, 1.165) is 36.1 Å². The van der Waals surface area contributed by atoms with E-state index in [1.807, 2.05) is 30.3 Å². The lowest BCUT2D eigenvalue weighted by molar-refractivity contribution is -0.115. The fraction of sp³-hybridized carbons (Fsp3) is 0.227. The number of rotatable bonds is 3. The molecule has 0 saturated heterocycles. The van der Waals surface area contributed by atoms with Gasteiger partial charge in [0.25, 0.3) is 0 Å². The van der Waals surface area contributed by atoms with Crippen LogP contribution >= 0.6 is 0 Å². The summed E-state index contributed by atoms with van der Waals surface area (Å²) in [5.74, 6) is 0.0282. The molecule has 1 amide bonds. The molecule has 4 rings (SSSR count). The number of nitrogens with zero attached hydrogens (tertiary/aromatic N) is 1. The molecule has 1 heterocycles. The summed E-state index contributed by atoms with van der Waals surface area (Å²) in [7, 11) is 2.13. The van der Waals surface area contributed by atoms with Crippen molar-refractivity contribution in [3.63, 3.8) is 0 Å². The summed E-state index contributed by atoms with van der Waals surface area (Å²) in [5.41, 5.74) is 4.66. The van der Waals surface area contributed by atoms with Crippen molar-refractivity contribution < 1.29 is 4.79 Å². The second kappa shape index (κ2) is 6.69. The smallest absolute Gasteiger partial charge is 0.228 e. The van der Waals surface area contributed by atoms with Crippen molar-refractivity contribution >= 4 is 22.4 Å². The Morgan fingerprint density at radius 3 is 2.80 bits per heavy atom. The van der Waals surface area contributed by atoms with Crippen LogP contribution in [0.4, 0.5) is 5.69 Å². The third-order valence-electron chi connectivity index (χ3n) is 4.92. The molecule has 0 radical (unpaired) electrons. The molecule has 1 N–H and O–H groups in total. The molecule has 3 nitrogen and oxygen atoms in total. The van der Waals surface area contributed by atoms with Crippen LogP contribution in [0.1, 0.15) is 16.7 Å². The number of nitrogens with one attached hydrogen (secondary N) is 1. The SMILES string of the molecule is CN1CCc2ccc(NC(=O)Cc3cccc4ccccc34)cc2C1. The van der Waals surface area contributed by atoms with Gasteiger partial charge in [-0.3, -0.25) is 4.79 Å². The van der Waals surface area contributed by atoms with Gasteiger partial charge in [-0.25, -0.2) is 0 Å². The molecule has 3 aromatic rings. The fourth-order valence-electron chi connectivity index (χ4n) is 3.60. The molecule has 1 aliphatic rings. The Balaban J connectivity index is 1.51. The van der Waals surface area contributed by atoms with Crippen LogP contribution in [0, 0.1) is 0 Å². The Morgan fingerprint density at radius 2 is 1.88 bits per heavy atom. The van der Waals surface area contributed by atoms with Gasteiger partial charge in [-0.15, -0.1) is 0 Å². The van der Waals surface area contributed by atoms with Gasteiger partial charge in [0.15, 0.2) is 0 Å². The minimum Gasteiger partial charge on any atom is -0.326 e. The first kappa shape index (κ1) is 15.9. The first-order valence-electron chi connectivity index (χ1n) is 8.76. The summed E-state index contributed by atoms with van der Waals surface area (Å²) in [4.78, 5) is 14.8. The second-order valence-corrected chi connectivity index (χ2v) is 6.83. The Kier molecular flexibility index (Phi) is 4.24. The second-order valence-electron chi connectivity index (χ2n) is 6.83. The molecule has 3 aromatic carbocycles. The first-order chi connectivity index (χ1) is 12.2. The lowest BCUT2D eigenvalue weighted by Crippen LogP contribution is -2.26. The van der Waals surface area contributed by atoms with Gasteiger partial charge in [0.2, 0.25) is 5.91 Å². The number of benzene rings is 3. The lowest BCUT2D eigenvalue weighted by Gasteiger charge is -2.25. The Labute approximate surface area is 148 Å². The number of hydrogen-bond acceptors (Lipinski definition) is 2. The van der Waals surface area contributed by atoms with E-state index < -0.39 is 0 Å². The number of amides is 1. The van der Waals surface area contributed by atoms with Crippen molar-refractivity contribution in [2.75, 3.05) is 18.9 Å². The minimum absolute atomic E-state index is 0.0282. The van der Waals surface area contributed by atoms with Crippen molar-refractivity contribution in [2.24, 2.45) is 0 Å². The quantitative estimate of drug-likeness (QED) is 0.787. The summed E-state index contributed by atoms with van der Waals surface area (Å²) in [5, 5.41) is 5.38. The van der Waals surface area contributed by atoms with Gasteiger partial charge in [0.05, 0.1) is 6.42 Å². The van der Waals surface area contributed by atoms with Crippen LogP contribution < -0.4 is 5.32 Å². The minimum atomic E-state index is 0.0282. The van der Waals surface area contributed by atoms with Crippen molar-refractivity contribution in [2.45, 2.75) is 19.4 Å². The molecule has 0 saturated carbocycles. The van der Waals surface area contributed by atoms with E-state index >= 15 is 0 Å². The van der Waals surface area contributed by atoms with E-state index in [1.54, 1.807) is 0 Å². The van der Waals surface area contributed by atoms with Crippen molar-refractivity contribution in [1.29, 1.82) is 0 Å². The molecule has 0 spiro atoms. The number of fused-ring (bicyclic) bond motifs is 2.